The molecule has 0 heterocycles. The maximum Gasteiger partial charge on any atom is 0.124 e. The second-order valence-corrected chi connectivity index (χ2v) is 5.43. The molecule has 0 spiro atoms. The van der Waals surface area contributed by atoms with Gasteiger partial charge in [-0.25, -0.2) is 0 Å². The summed E-state index contributed by atoms with van der Waals surface area (Å²) in [4.78, 5) is 0. The van der Waals surface area contributed by atoms with Gasteiger partial charge in [0.15, 0.2) is 0 Å². The van der Waals surface area contributed by atoms with Crippen LogP contribution >= 0.6 is 0 Å². The fourth-order valence-electron chi connectivity index (χ4n) is 2.68. The van der Waals surface area contributed by atoms with E-state index >= 15 is 0 Å². The van der Waals surface area contributed by atoms with Gasteiger partial charge in [0.25, 0.3) is 0 Å². The van der Waals surface area contributed by atoms with Crippen LogP contribution in [0, 0.1) is 0 Å². The van der Waals surface area contributed by atoms with E-state index in [0.717, 1.165) is 18.8 Å². The van der Waals surface area contributed by atoms with E-state index in [0.29, 0.717) is 6.61 Å². The molecule has 0 bridgehead atoms. The zero-order valence-corrected chi connectivity index (χ0v) is 13.3. The minimum absolute atomic E-state index is 0.710. The van der Waals surface area contributed by atoms with Crippen molar-refractivity contribution in [3.63, 3.8) is 0 Å². The van der Waals surface area contributed by atoms with Crippen LogP contribution < -0.4 is 10.1 Å². The van der Waals surface area contributed by atoms with Gasteiger partial charge in [0.2, 0.25) is 0 Å². The van der Waals surface area contributed by atoms with E-state index in [9.17, 15) is 0 Å². The van der Waals surface area contributed by atoms with E-state index < -0.39 is 0 Å². The smallest absolute Gasteiger partial charge is 0.124 e. The molecule has 2 aromatic rings. The Bertz CT molecular complexity index is 550. The molecule has 2 heteroatoms. The van der Waals surface area contributed by atoms with Crippen LogP contribution in [0.2, 0.25) is 0 Å². The lowest BCUT2D eigenvalue weighted by Crippen LogP contribution is -2.15. The molecule has 0 fully saturated rings. The third-order valence-electron chi connectivity index (χ3n) is 3.81. The molecule has 0 saturated carbocycles. The van der Waals surface area contributed by atoms with Gasteiger partial charge < -0.3 is 10.1 Å². The number of benzene rings is 2. The van der Waals surface area contributed by atoms with Crippen molar-refractivity contribution in [2.24, 2.45) is 0 Å². The summed E-state index contributed by atoms with van der Waals surface area (Å²) in [6, 6.07) is 12.8. The Balaban J connectivity index is 2.06. The first kappa shape index (κ1) is 15.8. The summed E-state index contributed by atoms with van der Waals surface area (Å²) >= 11 is 0. The normalized spacial score (nSPS) is 11.0. The van der Waals surface area contributed by atoms with Crippen LogP contribution in [0.3, 0.4) is 0 Å². The minimum Gasteiger partial charge on any atom is -0.494 e. The Hall–Kier alpha value is -1.54. The van der Waals surface area contributed by atoms with E-state index in [1.165, 1.54) is 42.0 Å². The van der Waals surface area contributed by atoms with Crippen LogP contribution in [-0.4, -0.2) is 13.2 Å². The molecule has 2 nitrogen and oxygen atoms in total. The second kappa shape index (κ2) is 8.68. The van der Waals surface area contributed by atoms with Gasteiger partial charge in [0.1, 0.15) is 5.75 Å². The molecule has 0 atom stereocenters. The maximum absolute atomic E-state index is 5.80. The van der Waals surface area contributed by atoms with E-state index in [-0.39, 0.29) is 0 Å². The summed E-state index contributed by atoms with van der Waals surface area (Å²) in [6.45, 7) is 6.95. The summed E-state index contributed by atoms with van der Waals surface area (Å²) in [5.41, 5.74) is 1.28. The maximum atomic E-state index is 5.80. The monoisotopic (exact) mass is 285 g/mol. The lowest BCUT2D eigenvalue weighted by atomic mass is 10.0. The van der Waals surface area contributed by atoms with Gasteiger partial charge in [-0.2, -0.15) is 0 Å². The second-order valence-electron chi connectivity index (χ2n) is 5.43. The van der Waals surface area contributed by atoms with Crippen LogP contribution in [-0.2, 0) is 6.54 Å². The molecule has 0 aromatic heterocycles. The van der Waals surface area contributed by atoms with Crippen molar-refractivity contribution < 1.29 is 4.74 Å². The van der Waals surface area contributed by atoms with Crippen LogP contribution in [0.5, 0.6) is 5.75 Å². The van der Waals surface area contributed by atoms with Gasteiger partial charge in [-0.05, 0) is 36.7 Å². The summed E-state index contributed by atoms with van der Waals surface area (Å²) in [5.74, 6) is 1.01. The molecule has 0 aliphatic heterocycles. The zero-order valence-electron chi connectivity index (χ0n) is 13.3. The molecule has 0 aliphatic carbocycles. The van der Waals surface area contributed by atoms with Crippen LogP contribution in [0.25, 0.3) is 10.8 Å². The van der Waals surface area contributed by atoms with Crippen LogP contribution in [0.4, 0.5) is 0 Å². The average molecular weight is 285 g/mol. The summed E-state index contributed by atoms with van der Waals surface area (Å²) in [6.07, 6.45) is 5.19. The summed E-state index contributed by atoms with van der Waals surface area (Å²) < 4.78 is 5.80. The van der Waals surface area contributed by atoms with Gasteiger partial charge >= 0.3 is 0 Å². The van der Waals surface area contributed by atoms with Gasteiger partial charge in [0, 0.05) is 12.1 Å². The molecule has 0 aliphatic rings. The highest BCUT2D eigenvalue weighted by Gasteiger charge is 2.08. The Kier molecular flexibility index (Phi) is 6.55. The molecule has 0 unspecified atom stereocenters. The molecule has 21 heavy (non-hydrogen) atoms. The Morgan fingerprint density at radius 3 is 2.62 bits per heavy atom. The highest BCUT2D eigenvalue weighted by Crippen LogP contribution is 2.28. The standard InChI is InChI=1S/C19H27NO/c1-3-5-6-9-14-20-15-18-17-11-8-7-10-16(17)12-13-19(18)21-4-2/h7-8,10-13,20H,3-6,9,14-15H2,1-2H3. The molecular formula is C19H27NO. The topological polar surface area (TPSA) is 21.3 Å². The number of hydrogen-bond donors (Lipinski definition) is 1. The molecule has 0 amide bonds. The molecule has 0 saturated heterocycles. The van der Waals surface area contributed by atoms with Crippen molar-refractivity contribution in [2.75, 3.05) is 13.2 Å². The van der Waals surface area contributed by atoms with E-state index in [1.54, 1.807) is 0 Å². The molecule has 2 rings (SSSR count). The van der Waals surface area contributed by atoms with Crippen molar-refractivity contribution in [2.45, 2.75) is 46.1 Å². The quantitative estimate of drug-likeness (QED) is 0.661. The van der Waals surface area contributed by atoms with Gasteiger partial charge in [0.05, 0.1) is 6.61 Å². The fraction of sp³-hybridized carbons (Fsp3) is 0.474. The molecule has 0 radical (unpaired) electrons. The number of nitrogens with one attached hydrogen (secondary N) is 1. The average Bonchev–Trinajstić information content (AvgIpc) is 2.52. The third-order valence-corrected chi connectivity index (χ3v) is 3.81. The number of rotatable bonds is 9. The van der Waals surface area contributed by atoms with Crippen LogP contribution in [0.1, 0.15) is 45.1 Å². The van der Waals surface area contributed by atoms with Gasteiger partial charge in [-0.1, -0.05) is 56.5 Å². The number of hydrogen-bond acceptors (Lipinski definition) is 2. The number of ether oxygens (including phenoxy) is 1. The molecule has 2 aromatic carbocycles. The Morgan fingerprint density at radius 1 is 0.952 bits per heavy atom. The molecule has 114 valence electrons. The Morgan fingerprint density at radius 2 is 1.81 bits per heavy atom. The number of fused-ring (bicyclic) bond motifs is 1. The number of unbranched alkanes of at least 4 members (excludes halogenated alkanes) is 3. The summed E-state index contributed by atoms with van der Waals surface area (Å²) in [5, 5.41) is 6.15. The first-order valence-electron chi connectivity index (χ1n) is 8.21. The van der Waals surface area contributed by atoms with Gasteiger partial charge in [-0.15, -0.1) is 0 Å². The first-order chi connectivity index (χ1) is 10.4. The van der Waals surface area contributed by atoms with Crippen molar-refractivity contribution in [1.29, 1.82) is 0 Å². The van der Waals surface area contributed by atoms with E-state index in [2.05, 4.69) is 48.6 Å². The van der Waals surface area contributed by atoms with Gasteiger partial charge in [-0.3, -0.25) is 0 Å². The third kappa shape index (κ3) is 4.47. The van der Waals surface area contributed by atoms with Crippen molar-refractivity contribution in [3.8, 4) is 5.75 Å². The predicted octanol–water partition coefficient (Wildman–Crippen LogP) is 4.91. The lowest BCUT2D eigenvalue weighted by Gasteiger charge is -2.14. The zero-order chi connectivity index (χ0) is 14.9. The van der Waals surface area contributed by atoms with Crippen LogP contribution in [0.15, 0.2) is 36.4 Å². The lowest BCUT2D eigenvalue weighted by molar-refractivity contribution is 0.336. The Labute approximate surface area is 128 Å². The highest BCUT2D eigenvalue weighted by molar-refractivity contribution is 5.87. The fourth-order valence-corrected chi connectivity index (χ4v) is 2.68. The highest BCUT2D eigenvalue weighted by atomic mass is 16.5. The minimum atomic E-state index is 0.710. The SMILES string of the molecule is CCCCCCNCc1c(OCC)ccc2ccccc12. The molecular weight excluding hydrogens is 258 g/mol. The first-order valence-corrected chi connectivity index (χ1v) is 8.21. The van der Waals surface area contributed by atoms with E-state index in [4.69, 9.17) is 4.74 Å². The van der Waals surface area contributed by atoms with E-state index in [1.807, 2.05) is 6.92 Å². The van der Waals surface area contributed by atoms with Crippen molar-refractivity contribution >= 4 is 10.8 Å². The van der Waals surface area contributed by atoms with Crippen molar-refractivity contribution in [3.05, 3.63) is 42.0 Å². The predicted molar refractivity (Wildman–Crippen MR) is 91.0 cm³/mol. The van der Waals surface area contributed by atoms with Crippen molar-refractivity contribution in [1.82, 2.24) is 5.32 Å². The summed E-state index contributed by atoms with van der Waals surface area (Å²) in [7, 11) is 0. The molecule has 1 N–H and O–H groups in total. The largest absolute Gasteiger partial charge is 0.494 e.